The third-order valence-corrected chi connectivity index (χ3v) is 4.88. The van der Waals surface area contributed by atoms with Gasteiger partial charge in [0.05, 0.1) is 0 Å². The first-order valence-corrected chi connectivity index (χ1v) is 8.30. The zero-order valence-electron chi connectivity index (χ0n) is 13.0. The van der Waals surface area contributed by atoms with Crippen molar-refractivity contribution in [1.82, 2.24) is 10.2 Å². The fraction of sp³-hybridized carbons (Fsp3) is 0.611. The van der Waals surface area contributed by atoms with Gasteiger partial charge in [-0.15, -0.1) is 0 Å². The highest BCUT2D eigenvalue weighted by Gasteiger charge is 2.30. The van der Waals surface area contributed by atoms with Crippen molar-refractivity contribution < 1.29 is 4.79 Å². The zero-order valence-corrected chi connectivity index (χ0v) is 13.0. The topological polar surface area (TPSA) is 32.3 Å². The Morgan fingerprint density at radius 3 is 2.76 bits per heavy atom. The Morgan fingerprint density at radius 1 is 1.29 bits per heavy atom. The molecule has 2 fully saturated rings. The van der Waals surface area contributed by atoms with Gasteiger partial charge >= 0.3 is 0 Å². The molecule has 3 rings (SSSR count). The summed E-state index contributed by atoms with van der Waals surface area (Å²) in [6.45, 7) is 4.93. The smallest absolute Gasteiger partial charge is 0.223 e. The zero-order chi connectivity index (χ0) is 14.7. The van der Waals surface area contributed by atoms with Crippen molar-refractivity contribution in [3.05, 3.63) is 35.4 Å². The molecule has 0 atom stereocenters. The summed E-state index contributed by atoms with van der Waals surface area (Å²) in [4.78, 5) is 14.0. The van der Waals surface area contributed by atoms with Crippen molar-refractivity contribution in [3.8, 4) is 0 Å². The summed E-state index contributed by atoms with van der Waals surface area (Å²) in [5, 5.41) is 3.54. The summed E-state index contributed by atoms with van der Waals surface area (Å²) < 4.78 is 0. The molecule has 0 bridgehead atoms. The van der Waals surface area contributed by atoms with Gasteiger partial charge in [0.1, 0.15) is 0 Å². The summed E-state index contributed by atoms with van der Waals surface area (Å²) in [5.74, 6) is 1.03. The maximum Gasteiger partial charge on any atom is 0.223 e. The van der Waals surface area contributed by atoms with Gasteiger partial charge < -0.3 is 10.2 Å². The third-order valence-electron chi connectivity index (χ3n) is 4.88. The highest BCUT2D eigenvalue weighted by atomic mass is 16.2. The van der Waals surface area contributed by atoms with E-state index in [1.807, 2.05) is 4.90 Å². The van der Waals surface area contributed by atoms with E-state index in [0.717, 1.165) is 19.6 Å². The molecule has 1 aliphatic heterocycles. The van der Waals surface area contributed by atoms with E-state index in [1.54, 1.807) is 0 Å². The van der Waals surface area contributed by atoms with Crippen LogP contribution >= 0.6 is 0 Å². The quantitative estimate of drug-likeness (QED) is 0.902. The monoisotopic (exact) mass is 286 g/mol. The summed E-state index contributed by atoms with van der Waals surface area (Å²) in [7, 11) is 0. The number of nitrogens with one attached hydrogen (secondary N) is 1. The molecule has 1 amide bonds. The SMILES string of the molecule is Cc1cccc(C2CC(NCCC(=O)N3CCCC3)C2)c1. The summed E-state index contributed by atoms with van der Waals surface area (Å²) >= 11 is 0. The van der Waals surface area contributed by atoms with E-state index in [2.05, 4.69) is 36.5 Å². The van der Waals surface area contributed by atoms with Gasteiger partial charge in [-0.1, -0.05) is 29.8 Å². The largest absolute Gasteiger partial charge is 0.343 e. The molecule has 0 aromatic heterocycles. The number of nitrogens with zero attached hydrogens (tertiary/aromatic N) is 1. The second-order valence-corrected chi connectivity index (χ2v) is 6.57. The normalized spacial score (nSPS) is 24.9. The molecule has 1 aliphatic carbocycles. The van der Waals surface area contributed by atoms with Gasteiger partial charge in [0.15, 0.2) is 0 Å². The number of carbonyl (C=O) groups excluding carboxylic acids is 1. The predicted octanol–water partition coefficient (Wildman–Crippen LogP) is 2.84. The molecule has 1 saturated carbocycles. The van der Waals surface area contributed by atoms with Crippen molar-refractivity contribution in [3.63, 3.8) is 0 Å². The lowest BCUT2D eigenvalue weighted by molar-refractivity contribution is -0.130. The Balaban J connectivity index is 1.34. The number of benzene rings is 1. The van der Waals surface area contributed by atoms with Crippen LogP contribution in [0.25, 0.3) is 0 Å². The number of hydrogen-bond acceptors (Lipinski definition) is 2. The molecule has 1 aromatic rings. The van der Waals surface area contributed by atoms with E-state index in [-0.39, 0.29) is 0 Å². The highest BCUT2D eigenvalue weighted by Crippen LogP contribution is 2.37. The van der Waals surface area contributed by atoms with Crippen LogP contribution in [0.15, 0.2) is 24.3 Å². The summed E-state index contributed by atoms with van der Waals surface area (Å²) in [6, 6.07) is 9.45. The van der Waals surface area contributed by atoms with E-state index in [9.17, 15) is 4.79 Å². The molecule has 1 aromatic carbocycles. The average molecular weight is 286 g/mol. The predicted molar refractivity (Wildman–Crippen MR) is 85.4 cm³/mol. The van der Waals surface area contributed by atoms with E-state index in [1.165, 1.54) is 36.8 Å². The standard InChI is InChI=1S/C18H26N2O/c1-14-5-4-6-15(11-14)16-12-17(13-16)19-8-7-18(21)20-9-2-3-10-20/h4-6,11,16-17,19H,2-3,7-10,12-13H2,1H3. The van der Waals surface area contributed by atoms with Crippen molar-refractivity contribution >= 4 is 5.91 Å². The molecule has 1 N–H and O–H groups in total. The molecule has 0 spiro atoms. The Labute approximate surface area is 127 Å². The van der Waals surface area contributed by atoms with Gasteiger partial charge in [-0.25, -0.2) is 0 Å². The van der Waals surface area contributed by atoms with E-state index < -0.39 is 0 Å². The van der Waals surface area contributed by atoms with Gasteiger partial charge in [0.25, 0.3) is 0 Å². The van der Waals surface area contributed by atoms with Crippen LogP contribution in [-0.4, -0.2) is 36.5 Å². The maximum absolute atomic E-state index is 11.9. The minimum atomic E-state index is 0.328. The molecule has 2 aliphatic rings. The first kappa shape index (κ1) is 14.6. The van der Waals surface area contributed by atoms with E-state index in [0.29, 0.717) is 24.3 Å². The minimum absolute atomic E-state index is 0.328. The molecular weight excluding hydrogens is 260 g/mol. The van der Waals surface area contributed by atoms with Crippen molar-refractivity contribution in [2.75, 3.05) is 19.6 Å². The van der Waals surface area contributed by atoms with Crippen LogP contribution in [0.5, 0.6) is 0 Å². The van der Waals surface area contributed by atoms with Crippen LogP contribution in [0.1, 0.15) is 49.1 Å². The molecule has 1 heterocycles. The lowest BCUT2D eigenvalue weighted by atomic mass is 9.75. The molecule has 114 valence electrons. The van der Waals surface area contributed by atoms with Crippen molar-refractivity contribution in [1.29, 1.82) is 0 Å². The van der Waals surface area contributed by atoms with Crippen molar-refractivity contribution in [2.24, 2.45) is 0 Å². The lowest BCUT2D eigenvalue weighted by Gasteiger charge is -2.36. The van der Waals surface area contributed by atoms with Crippen LogP contribution in [0, 0.1) is 6.92 Å². The molecule has 1 saturated heterocycles. The first-order chi connectivity index (χ1) is 10.2. The van der Waals surface area contributed by atoms with Gasteiger partial charge in [0.2, 0.25) is 5.91 Å². The molecule has 3 heteroatoms. The molecule has 0 unspecified atom stereocenters. The van der Waals surface area contributed by atoms with Crippen LogP contribution < -0.4 is 5.32 Å². The van der Waals surface area contributed by atoms with Gasteiger partial charge in [-0.2, -0.15) is 0 Å². The van der Waals surface area contributed by atoms with Crippen LogP contribution in [-0.2, 0) is 4.79 Å². The summed E-state index contributed by atoms with van der Waals surface area (Å²) in [6.07, 6.45) is 5.44. The lowest BCUT2D eigenvalue weighted by Crippen LogP contribution is -2.41. The number of rotatable bonds is 5. The highest BCUT2D eigenvalue weighted by molar-refractivity contribution is 5.76. The van der Waals surface area contributed by atoms with Crippen molar-refractivity contribution in [2.45, 2.75) is 51.0 Å². The molecular formula is C18H26N2O. The molecule has 0 radical (unpaired) electrons. The second kappa shape index (κ2) is 6.61. The molecule has 21 heavy (non-hydrogen) atoms. The Hall–Kier alpha value is -1.35. The van der Waals surface area contributed by atoms with E-state index >= 15 is 0 Å². The fourth-order valence-electron chi connectivity index (χ4n) is 3.49. The first-order valence-electron chi connectivity index (χ1n) is 8.30. The second-order valence-electron chi connectivity index (χ2n) is 6.57. The van der Waals surface area contributed by atoms with Crippen LogP contribution in [0.2, 0.25) is 0 Å². The number of hydrogen-bond donors (Lipinski definition) is 1. The average Bonchev–Trinajstić information content (AvgIpc) is 2.95. The minimum Gasteiger partial charge on any atom is -0.343 e. The number of amides is 1. The Morgan fingerprint density at radius 2 is 2.05 bits per heavy atom. The maximum atomic E-state index is 11.9. The summed E-state index contributed by atoms with van der Waals surface area (Å²) in [5.41, 5.74) is 2.82. The number of likely N-dealkylation sites (tertiary alicyclic amines) is 1. The molecule has 3 nitrogen and oxygen atoms in total. The van der Waals surface area contributed by atoms with Gasteiger partial charge in [-0.3, -0.25) is 4.79 Å². The number of aryl methyl sites for hydroxylation is 1. The third kappa shape index (κ3) is 3.65. The fourth-order valence-corrected chi connectivity index (χ4v) is 3.49. The number of carbonyl (C=O) groups is 1. The Kier molecular flexibility index (Phi) is 4.59. The van der Waals surface area contributed by atoms with Crippen LogP contribution in [0.3, 0.4) is 0 Å². The van der Waals surface area contributed by atoms with Crippen LogP contribution in [0.4, 0.5) is 0 Å². The van der Waals surface area contributed by atoms with E-state index in [4.69, 9.17) is 0 Å². The van der Waals surface area contributed by atoms with Gasteiger partial charge in [-0.05, 0) is 44.1 Å². The Bertz CT molecular complexity index is 488. The van der Waals surface area contributed by atoms with Gasteiger partial charge in [0, 0.05) is 32.1 Å².